The third-order valence-corrected chi connectivity index (χ3v) is 8.18. The lowest BCUT2D eigenvalue weighted by atomic mass is 9.98. The average Bonchev–Trinajstić information content (AvgIpc) is 3.37. The number of pyridine rings is 1. The van der Waals surface area contributed by atoms with Crippen LogP contribution in [0.4, 0.5) is 5.69 Å². The number of aromatic nitrogens is 5. The summed E-state index contributed by atoms with van der Waals surface area (Å²) in [5.41, 5.74) is 7.27. The molecule has 200 valence electrons. The summed E-state index contributed by atoms with van der Waals surface area (Å²) in [6.07, 6.45) is 0.866. The minimum atomic E-state index is -0.356. The Balaban J connectivity index is 1.59. The van der Waals surface area contributed by atoms with Crippen molar-refractivity contribution >= 4 is 16.6 Å². The second-order valence-corrected chi connectivity index (χ2v) is 11.4. The highest BCUT2D eigenvalue weighted by Crippen LogP contribution is 2.33. The Hall–Kier alpha value is -3.52. The molecule has 2 aromatic heterocycles. The van der Waals surface area contributed by atoms with Gasteiger partial charge in [0.2, 0.25) is 0 Å². The first-order chi connectivity index (χ1) is 18.1. The maximum Gasteiger partial charge on any atom is 0.253 e. The lowest BCUT2D eigenvalue weighted by Crippen LogP contribution is -2.49. The smallest absolute Gasteiger partial charge is 0.253 e. The van der Waals surface area contributed by atoms with E-state index in [0.717, 1.165) is 49.1 Å². The predicted octanol–water partition coefficient (Wildman–Crippen LogP) is 4.80. The van der Waals surface area contributed by atoms with Gasteiger partial charge in [-0.3, -0.25) is 9.69 Å². The van der Waals surface area contributed by atoms with E-state index in [1.54, 1.807) is 0 Å². The number of hydrogen-bond acceptors (Lipinski definition) is 6. The van der Waals surface area contributed by atoms with Crippen molar-refractivity contribution in [3.8, 4) is 0 Å². The number of aromatic amines is 1. The molecular weight excluding hydrogens is 474 g/mol. The monoisotopic (exact) mass is 513 g/mol. The first-order valence-corrected chi connectivity index (χ1v) is 13.6. The number of nitrogens with zero attached hydrogens (tertiary/aromatic N) is 6. The van der Waals surface area contributed by atoms with Crippen LogP contribution in [0, 0.1) is 27.7 Å². The Labute approximate surface area is 224 Å². The van der Waals surface area contributed by atoms with Gasteiger partial charge in [0.1, 0.15) is 6.04 Å². The zero-order valence-corrected chi connectivity index (χ0v) is 23.7. The molecule has 0 saturated carbocycles. The third-order valence-electron chi connectivity index (χ3n) is 8.18. The van der Waals surface area contributed by atoms with Gasteiger partial charge in [0.15, 0.2) is 5.82 Å². The zero-order chi connectivity index (χ0) is 27.2. The molecule has 0 spiro atoms. The molecule has 38 heavy (non-hydrogen) atoms. The second kappa shape index (κ2) is 9.98. The molecule has 1 fully saturated rings. The van der Waals surface area contributed by atoms with Gasteiger partial charge >= 0.3 is 0 Å². The van der Waals surface area contributed by atoms with E-state index < -0.39 is 0 Å². The van der Waals surface area contributed by atoms with Crippen LogP contribution in [0.1, 0.15) is 66.9 Å². The fraction of sp³-hybridized carbons (Fsp3) is 0.467. The van der Waals surface area contributed by atoms with Gasteiger partial charge in [-0.1, -0.05) is 30.7 Å². The Kier molecular flexibility index (Phi) is 6.86. The number of anilines is 1. The molecule has 0 amide bonds. The van der Waals surface area contributed by atoms with Crippen LogP contribution in [0.15, 0.2) is 41.2 Å². The van der Waals surface area contributed by atoms with Crippen LogP contribution in [0.2, 0.25) is 0 Å². The van der Waals surface area contributed by atoms with Crippen LogP contribution in [0.3, 0.4) is 0 Å². The number of benzene rings is 2. The number of piperazine rings is 1. The van der Waals surface area contributed by atoms with Crippen LogP contribution in [-0.2, 0) is 5.54 Å². The average molecular weight is 514 g/mol. The highest BCUT2D eigenvalue weighted by Gasteiger charge is 2.36. The summed E-state index contributed by atoms with van der Waals surface area (Å²) >= 11 is 0. The molecule has 1 aliphatic rings. The van der Waals surface area contributed by atoms with Gasteiger partial charge in [-0.15, -0.1) is 5.10 Å². The minimum Gasteiger partial charge on any atom is -0.369 e. The van der Waals surface area contributed by atoms with E-state index in [-0.39, 0.29) is 17.1 Å². The number of H-pyrrole nitrogens is 1. The zero-order valence-electron chi connectivity index (χ0n) is 23.7. The molecule has 8 heteroatoms. The van der Waals surface area contributed by atoms with Gasteiger partial charge in [0.25, 0.3) is 5.56 Å². The number of rotatable bonds is 6. The Morgan fingerprint density at radius 1 is 0.947 bits per heavy atom. The van der Waals surface area contributed by atoms with E-state index in [4.69, 9.17) is 0 Å². The van der Waals surface area contributed by atoms with Crippen LogP contribution >= 0.6 is 0 Å². The molecule has 1 atom stereocenters. The van der Waals surface area contributed by atoms with Crippen molar-refractivity contribution in [2.24, 2.45) is 0 Å². The Morgan fingerprint density at radius 3 is 2.39 bits per heavy atom. The number of tetrazole rings is 1. The molecule has 1 N–H and O–H groups in total. The minimum absolute atomic E-state index is 0.0877. The normalized spacial score (nSPS) is 15.8. The fourth-order valence-electron chi connectivity index (χ4n) is 5.63. The van der Waals surface area contributed by atoms with Gasteiger partial charge in [0.05, 0.1) is 11.1 Å². The quantitative estimate of drug-likeness (QED) is 0.399. The molecule has 1 aliphatic heterocycles. The largest absolute Gasteiger partial charge is 0.369 e. The van der Waals surface area contributed by atoms with Crippen molar-refractivity contribution in [2.45, 2.75) is 66.5 Å². The summed E-state index contributed by atoms with van der Waals surface area (Å²) in [6.45, 7) is 18.2. The maximum atomic E-state index is 13.7. The summed E-state index contributed by atoms with van der Waals surface area (Å²) in [5.74, 6) is 0.714. The lowest BCUT2D eigenvalue weighted by molar-refractivity contribution is 0.186. The van der Waals surface area contributed by atoms with Crippen molar-refractivity contribution in [3.63, 3.8) is 0 Å². The number of nitrogens with one attached hydrogen (secondary N) is 1. The molecule has 1 saturated heterocycles. The third kappa shape index (κ3) is 4.73. The second-order valence-electron chi connectivity index (χ2n) is 11.4. The van der Waals surface area contributed by atoms with E-state index in [9.17, 15) is 4.79 Å². The van der Waals surface area contributed by atoms with Gasteiger partial charge in [-0.25, -0.2) is 4.68 Å². The van der Waals surface area contributed by atoms with Crippen molar-refractivity contribution in [2.75, 3.05) is 31.1 Å². The number of hydrogen-bond donors (Lipinski definition) is 1. The predicted molar refractivity (Wildman–Crippen MR) is 153 cm³/mol. The van der Waals surface area contributed by atoms with Crippen LogP contribution in [-0.4, -0.2) is 56.3 Å². The summed E-state index contributed by atoms with van der Waals surface area (Å²) in [5, 5.41) is 14.1. The van der Waals surface area contributed by atoms with Gasteiger partial charge in [-0.2, -0.15) is 0 Å². The molecule has 5 rings (SSSR count). The van der Waals surface area contributed by atoms with Gasteiger partial charge < -0.3 is 9.88 Å². The summed E-state index contributed by atoms with van der Waals surface area (Å²) in [4.78, 5) is 21.7. The van der Waals surface area contributed by atoms with Crippen molar-refractivity contribution in [3.05, 3.63) is 80.4 Å². The molecule has 2 aromatic carbocycles. The highest BCUT2D eigenvalue weighted by molar-refractivity contribution is 5.83. The van der Waals surface area contributed by atoms with Gasteiger partial charge in [0, 0.05) is 37.4 Å². The van der Waals surface area contributed by atoms with Crippen LogP contribution < -0.4 is 10.5 Å². The van der Waals surface area contributed by atoms with E-state index in [1.165, 1.54) is 22.4 Å². The highest BCUT2D eigenvalue weighted by atomic mass is 16.1. The summed E-state index contributed by atoms with van der Waals surface area (Å²) < 4.78 is 1.92. The number of aryl methyl sites for hydroxylation is 4. The molecule has 4 aromatic rings. The van der Waals surface area contributed by atoms with E-state index >= 15 is 0 Å². The van der Waals surface area contributed by atoms with Crippen molar-refractivity contribution < 1.29 is 0 Å². The summed E-state index contributed by atoms with van der Waals surface area (Å²) in [6, 6.07) is 12.6. The molecule has 0 unspecified atom stereocenters. The van der Waals surface area contributed by atoms with Gasteiger partial charge in [-0.05, 0) is 98.7 Å². The molecule has 8 nitrogen and oxygen atoms in total. The van der Waals surface area contributed by atoms with E-state index in [1.807, 2.05) is 17.7 Å². The number of fused-ring (bicyclic) bond motifs is 1. The van der Waals surface area contributed by atoms with Crippen molar-refractivity contribution in [1.29, 1.82) is 0 Å². The lowest BCUT2D eigenvalue weighted by Gasteiger charge is -2.40. The van der Waals surface area contributed by atoms with Crippen LogP contribution in [0.25, 0.3) is 10.9 Å². The van der Waals surface area contributed by atoms with E-state index in [2.05, 4.69) is 102 Å². The molecule has 0 aliphatic carbocycles. The summed E-state index contributed by atoms with van der Waals surface area (Å²) in [7, 11) is 0. The molecule has 0 radical (unpaired) electrons. The standard InChI is InChI=1S/C30H39N7O/c1-8-30(6,7)37-28(32-33-34-37)27(24-18-23-16-20(3)15-22(5)26(23)31-29(24)38)36-13-11-35(12-14-36)25-17-19(2)9-10-21(25)4/h9-10,15-18,27H,8,11-14H2,1-7H3,(H,31,38)/t27-/m0/s1. The van der Waals surface area contributed by atoms with E-state index in [0.29, 0.717) is 11.4 Å². The topological polar surface area (TPSA) is 82.9 Å². The fourth-order valence-corrected chi connectivity index (χ4v) is 5.63. The van der Waals surface area contributed by atoms with Crippen molar-refractivity contribution in [1.82, 2.24) is 30.1 Å². The SMILES string of the molecule is CCC(C)(C)n1nnnc1[C@H](c1cc2cc(C)cc(C)c2[nH]c1=O)N1CCN(c2cc(C)ccc2C)CC1. The Bertz CT molecular complexity index is 1530. The molecule has 0 bridgehead atoms. The molecular formula is C30H39N7O. The first-order valence-electron chi connectivity index (χ1n) is 13.6. The van der Waals surface area contributed by atoms with Crippen LogP contribution in [0.5, 0.6) is 0 Å². The first kappa shape index (κ1) is 26.1. The molecule has 3 heterocycles. The maximum absolute atomic E-state index is 13.7. The Morgan fingerprint density at radius 2 is 1.68 bits per heavy atom.